The Bertz CT molecular complexity index is 1030. The van der Waals surface area contributed by atoms with Crippen LogP contribution in [-0.4, -0.2) is 34.4 Å². The fourth-order valence-electron chi connectivity index (χ4n) is 2.23. The third-order valence-electron chi connectivity index (χ3n) is 3.60. The van der Waals surface area contributed by atoms with Gasteiger partial charge in [0.15, 0.2) is 5.65 Å². The van der Waals surface area contributed by atoms with Crippen molar-refractivity contribution in [2.45, 2.75) is 18.6 Å². The van der Waals surface area contributed by atoms with Crippen molar-refractivity contribution in [1.82, 2.24) is 19.7 Å². The number of hydrogen-bond donors (Lipinski definition) is 1. The zero-order valence-corrected chi connectivity index (χ0v) is 15.0. The van der Waals surface area contributed by atoms with E-state index in [0.717, 1.165) is 17.4 Å². The first kappa shape index (κ1) is 16.7. The minimum atomic E-state index is -3.53. The normalized spacial score (nSPS) is 11.8. The van der Waals surface area contributed by atoms with Crippen molar-refractivity contribution in [3.05, 3.63) is 40.5 Å². The van der Waals surface area contributed by atoms with Gasteiger partial charge < -0.3 is 5.32 Å². The molecule has 9 heteroatoms. The number of hydrogen-bond acceptors (Lipinski definition) is 6. The van der Waals surface area contributed by atoms with Gasteiger partial charge in [0.1, 0.15) is 5.82 Å². The predicted octanol–water partition coefficient (Wildman–Crippen LogP) is 2.34. The fraction of sp³-hybridized carbons (Fsp3) is 0.267. The third-order valence-corrected chi connectivity index (χ3v) is 4.85. The summed E-state index contributed by atoms with van der Waals surface area (Å²) in [6.07, 6.45) is 2.68. The lowest BCUT2D eigenvalue weighted by Gasteiger charge is -2.09. The van der Waals surface area contributed by atoms with Crippen molar-refractivity contribution in [3.8, 4) is 0 Å². The van der Waals surface area contributed by atoms with E-state index in [1.165, 1.54) is 4.68 Å². The van der Waals surface area contributed by atoms with Crippen LogP contribution in [0.5, 0.6) is 0 Å². The molecule has 0 saturated heterocycles. The molecule has 1 N–H and O–H groups in total. The van der Waals surface area contributed by atoms with Crippen molar-refractivity contribution in [3.63, 3.8) is 0 Å². The highest BCUT2D eigenvalue weighted by atomic mass is 35.5. The summed E-state index contributed by atoms with van der Waals surface area (Å²) < 4.78 is 25.2. The van der Waals surface area contributed by atoms with Crippen LogP contribution < -0.4 is 5.32 Å². The summed E-state index contributed by atoms with van der Waals surface area (Å²) in [7, 11) is -1.83. The standard InChI is InChI=1S/C15H16ClN5O2S/c1-9-4-5-10(6-12(9)16)7-17-13-11-8-18-21(2)14(11)20-15(19-13)24(3,22)23/h4-6,8H,7H2,1-3H3,(H,17,19,20). The second-order valence-electron chi connectivity index (χ2n) is 5.57. The molecule has 3 rings (SSSR count). The van der Waals surface area contributed by atoms with Crippen LogP contribution in [0.2, 0.25) is 5.02 Å². The summed E-state index contributed by atoms with van der Waals surface area (Å²) in [6, 6.07) is 5.75. The highest BCUT2D eigenvalue weighted by molar-refractivity contribution is 7.90. The minimum Gasteiger partial charge on any atom is -0.365 e. The molecule has 126 valence electrons. The van der Waals surface area contributed by atoms with Gasteiger partial charge in [0.2, 0.25) is 9.84 Å². The smallest absolute Gasteiger partial charge is 0.250 e. The number of anilines is 1. The van der Waals surface area contributed by atoms with Crippen molar-refractivity contribution in [2.24, 2.45) is 7.05 Å². The topological polar surface area (TPSA) is 89.8 Å². The molecular formula is C15H16ClN5O2S. The zero-order chi connectivity index (χ0) is 17.5. The molecule has 1 aromatic carbocycles. The molecule has 0 aliphatic rings. The van der Waals surface area contributed by atoms with Gasteiger partial charge in [-0.1, -0.05) is 23.7 Å². The van der Waals surface area contributed by atoms with Gasteiger partial charge in [0.25, 0.3) is 5.16 Å². The summed E-state index contributed by atoms with van der Waals surface area (Å²) >= 11 is 6.13. The second kappa shape index (κ2) is 6.03. The van der Waals surface area contributed by atoms with Gasteiger partial charge in [-0.05, 0) is 24.1 Å². The van der Waals surface area contributed by atoms with Crippen molar-refractivity contribution in [1.29, 1.82) is 0 Å². The number of benzene rings is 1. The largest absolute Gasteiger partial charge is 0.365 e. The predicted molar refractivity (Wildman–Crippen MR) is 92.9 cm³/mol. The summed E-state index contributed by atoms with van der Waals surface area (Å²) in [6.45, 7) is 2.38. The SMILES string of the molecule is Cc1ccc(CNc2nc(S(C)(=O)=O)nc3c2cnn3C)cc1Cl. The lowest BCUT2D eigenvalue weighted by Crippen LogP contribution is -2.09. The molecule has 0 saturated carbocycles. The van der Waals surface area contributed by atoms with E-state index in [-0.39, 0.29) is 5.16 Å². The molecule has 0 aliphatic heterocycles. The Labute approximate surface area is 144 Å². The molecule has 0 atom stereocenters. The Balaban J connectivity index is 2.00. The monoisotopic (exact) mass is 365 g/mol. The number of aryl methyl sites for hydroxylation is 2. The van der Waals surface area contributed by atoms with Crippen molar-refractivity contribution >= 4 is 38.3 Å². The Morgan fingerprint density at radius 3 is 2.71 bits per heavy atom. The summed E-state index contributed by atoms with van der Waals surface area (Å²) in [4.78, 5) is 8.23. The van der Waals surface area contributed by atoms with Crippen molar-refractivity contribution < 1.29 is 8.42 Å². The number of sulfone groups is 1. The lowest BCUT2D eigenvalue weighted by atomic mass is 10.1. The van der Waals surface area contributed by atoms with Gasteiger partial charge in [-0.25, -0.2) is 13.4 Å². The van der Waals surface area contributed by atoms with Crippen LogP contribution in [0.15, 0.2) is 29.6 Å². The first-order valence-electron chi connectivity index (χ1n) is 7.14. The Hall–Kier alpha value is -2.19. The van der Waals surface area contributed by atoms with Crippen LogP contribution >= 0.6 is 11.6 Å². The van der Waals surface area contributed by atoms with Gasteiger partial charge in [0, 0.05) is 24.9 Å². The average molecular weight is 366 g/mol. The van der Waals surface area contributed by atoms with E-state index in [4.69, 9.17) is 11.6 Å². The van der Waals surface area contributed by atoms with Crippen LogP contribution in [0.3, 0.4) is 0 Å². The molecule has 0 fully saturated rings. The molecule has 0 bridgehead atoms. The Morgan fingerprint density at radius 1 is 1.29 bits per heavy atom. The molecule has 3 aromatic rings. The maximum atomic E-state index is 11.8. The minimum absolute atomic E-state index is 0.233. The summed E-state index contributed by atoms with van der Waals surface area (Å²) in [5, 5.41) is 8.37. The molecule has 0 aliphatic carbocycles. The number of aromatic nitrogens is 4. The Morgan fingerprint density at radius 2 is 2.04 bits per heavy atom. The van der Waals surface area contributed by atoms with Crippen molar-refractivity contribution in [2.75, 3.05) is 11.6 Å². The summed E-state index contributed by atoms with van der Waals surface area (Å²) in [5.74, 6) is 0.422. The van der Waals surface area contributed by atoms with E-state index in [1.54, 1.807) is 13.2 Å². The van der Waals surface area contributed by atoms with Crippen LogP contribution in [0.1, 0.15) is 11.1 Å². The van der Waals surface area contributed by atoms with Crippen LogP contribution in [0.4, 0.5) is 5.82 Å². The second-order valence-corrected chi connectivity index (χ2v) is 7.89. The van der Waals surface area contributed by atoms with E-state index >= 15 is 0 Å². The lowest BCUT2D eigenvalue weighted by molar-refractivity contribution is 0.593. The zero-order valence-electron chi connectivity index (χ0n) is 13.4. The van der Waals surface area contributed by atoms with Gasteiger partial charge in [0.05, 0.1) is 11.6 Å². The van der Waals surface area contributed by atoms with E-state index in [0.29, 0.717) is 28.4 Å². The number of rotatable bonds is 4. The van der Waals surface area contributed by atoms with Crippen LogP contribution in [0, 0.1) is 6.92 Å². The molecule has 0 amide bonds. The molecule has 0 unspecified atom stereocenters. The molecule has 0 radical (unpaired) electrons. The Kier molecular flexibility index (Phi) is 4.18. The maximum absolute atomic E-state index is 11.8. The number of nitrogens with one attached hydrogen (secondary N) is 1. The summed E-state index contributed by atoms with van der Waals surface area (Å²) in [5.41, 5.74) is 2.41. The van der Waals surface area contributed by atoms with E-state index < -0.39 is 9.84 Å². The number of halogens is 1. The quantitative estimate of drug-likeness (QED) is 0.714. The molecule has 24 heavy (non-hydrogen) atoms. The molecule has 0 spiro atoms. The van der Waals surface area contributed by atoms with Crippen LogP contribution in [-0.2, 0) is 23.4 Å². The number of fused-ring (bicyclic) bond motifs is 1. The first-order valence-corrected chi connectivity index (χ1v) is 9.41. The van der Waals surface area contributed by atoms with Crippen LogP contribution in [0.25, 0.3) is 11.0 Å². The molecular weight excluding hydrogens is 350 g/mol. The molecule has 2 aromatic heterocycles. The molecule has 7 nitrogen and oxygen atoms in total. The van der Waals surface area contributed by atoms with E-state index in [9.17, 15) is 8.42 Å². The third kappa shape index (κ3) is 3.20. The van der Waals surface area contributed by atoms with Gasteiger partial charge in [-0.3, -0.25) is 4.68 Å². The maximum Gasteiger partial charge on any atom is 0.250 e. The highest BCUT2D eigenvalue weighted by Crippen LogP contribution is 2.23. The van der Waals surface area contributed by atoms with Gasteiger partial charge >= 0.3 is 0 Å². The van der Waals surface area contributed by atoms with Gasteiger partial charge in [-0.15, -0.1) is 0 Å². The first-order chi connectivity index (χ1) is 11.3. The van der Waals surface area contributed by atoms with Gasteiger partial charge in [-0.2, -0.15) is 10.1 Å². The van der Waals surface area contributed by atoms with E-state index in [2.05, 4.69) is 20.4 Å². The average Bonchev–Trinajstić information content (AvgIpc) is 2.89. The highest BCUT2D eigenvalue weighted by Gasteiger charge is 2.17. The fourth-order valence-corrected chi connectivity index (χ4v) is 2.95. The molecule has 2 heterocycles. The van der Waals surface area contributed by atoms with E-state index in [1.807, 2.05) is 25.1 Å². The number of nitrogens with zero attached hydrogens (tertiary/aromatic N) is 4.